The van der Waals surface area contributed by atoms with Crippen molar-refractivity contribution in [3.8, 4) is 16.4 Å². The summed E-state index contributed by atoms with van der Waals surface area (Å²) in [6.07, 6.45) is 1.70. The first-order valence-corrected chi connectivity index (χ1v) is 10.6. The second kappa shape index (κ2) is 7.18. The molecule has 0 N–H and O–H groups in total. The molecule has 5 aromatic rings. The zero-order chi connectivity index (χ0) is 21.9. The van der Waals surface area contributed by atoms with E-state index in [4.69, 9.17) is 11.6 Å². The lowest BCUT2D eigenvalue weighted by Gasteiger charge is -2.13. The molecule has 1 aromatic carbocycles. The number of aryl methyl sites for hydroxylation is 3. The van der Waals surface area contributed by atoms with E-state index in [1.807, 2.05) is 26.8 Å². The minimum absolute atomic E-state index is 0.109. The van der Waals surface area contributed by atoms with Crippen LogP contribution in [0.2, 0.25) is 5.02 Å². The summed E-state index contributed by atoms with van der Waals surface area (Å²) in [6, 6.07) is 7.94. The zero-order valence-corrected chi connectivity index (χ0v) is 18.3. The quantitative estimate of drug-likeness (QED) is 0.370. The van der Waals surface area contributed by atoms with Crippen LogP contribution in [0.25, 0.3) is 37.6 Å². The number of rotatable bonds is 2. The summed E-state index contributed by atoms with van der Waals surface area (Å²) in [5, 5.41) is 5.24. The highest BCUT2D eigenvalue weighted by atomic mass is 35.5. The lowest BCUT2D eigenvalue weighted by atomic mass is 10.2. The van der Waals surface area contributed by atoms with Gasteiger partial charge in [-0.25, -0.2) is 19.0 Å². The number of hydrogen-bond acceptors (Lipinski definition) is 6. The van der Waals surface area contributed by atoms with Gasteiger partial charge in [0, 0.05) is 16.9 Å². The van der Waals surface area contributed by atoms with Gasteiger partial charge in [0.25, 0.3) is 0 Å². The van der Waals surface area contributed by atoms with Gasteiger partial charge in [0.05, 0.1) is 15.9 Å². The third-order valence-corrected chi connectivity index (χ3v) is 6.40. The normalized spacial score (nSPS) is 11.5. The van der Waals surface area contributed by atoms with Crippen LogP contribution in [0, 0.1) is 26.6 Å². The van der Waals surface area contributed by atoms with Gasteiger partial charge in [-0.15, -0.1) is 11.3 Å². The Balaban J connectivity index is 1.89. The van der Waals surface area contributed by atoms with Crippen LogP contribution in [0.3, 0.4) is 0 Å². The Labute approximate surface area is 185 Å². The van der Waals surface area contributed by atoms with Crippen molar-refractivity contribution in [1.82, 2.24) is 24.7 Å². The Morgan fingerprint density at radius 3 is 2.58 bits per heavy atom. The van der Waals surface area contributed by atoms with E-state index in [0.717, 1.165) is 16.0 Å². The Hall–Kier alpha value is -3.23. The molecule has 9 heteroatoms. The third kappa shape index (κ3) is 3.19. The molecule has 0 atom stereocenters. The van der Waals surface area contributed by atoms with Gasteiger partial charge in [-0.3, -0.25) is 9.78 Å². The monoisotopic (exact) mass is 451 g/mol. The molecule has 0 aliphatic carbocycles. The summed E-state index contributed by atoms with van der Waals surface area (Å²) >= 11 is 7.27. The summed E-state index contributed by atoms with van der Waals surface area (Å²) in [7, 11) is 0. The molecule has 0 spiro atoms. The van der Waals surface area contributed by atoms with Crippen molar-refractivity contribution in [3.05, 3.63) is 74.5 Å². The second-order valence-electron chi connectivity index (χ2n) is 7.21. The highest BCUT2D eigenvalue weighted by Crippen LogP contribution is 2.30. The number of aromatic nitrogens is 5. The average molecular weight is 452 g/mol. The van der Waals surface area contributed by atoms with Crippen LogP contribution in [0.4, 0.5) is 4.39 Å². The molecule has 0 saturated carbocycles. The molecular weight excluding hydrogens is 437 g/mol. The summed E-state index contributed by atoms with van der Waals surface area (Å²) < 4.78 is 17.1. The molecule has 0 saturated heterocycles. The van der Waals surface area contributed by atoms with Crippen molar-refractivity contribution in [1.29, 1.82) is 0 Å². The van der Waals surface area contributed by atoms with E-state index in [1.165, 1.54) is 28.2 Å². The van der Waals surface area contributed by atoms with Crippen molar-refractivity contribution < 1.29 is 4.39 Å². The number of fused-ring (bicyclic) bond motifs is 2. The lowest BCUT2D eigenvalue weighted by molar-refractivity contribution is 0.612. The molecule has 6 nitrogen and oxygen atoms in total. The number of pyridine rings is 2. The molecule has 0 unspecified atom stereocenters. The molecule has 0 fully saturated rings. The zero-order valence-electron chi connectivity index (χ0n) is 16.8. The molecule has 154 valence electrons. The molecule has 5 rings (SSSR count). The first-order valence-electron chi connectivity index (χ1n) is 9.42. The van der Waals surface area contributed by atoms with Gasteiger partial charge < -0.3 is 0 Å². The van der Waals surface area contributed by atoms with Gasteiger partial charge in [-0.2, -0.15) is 5.10 Å². The van der Waals surface area contributed by atoms with Crippen LogP contribution in [-0.2, 0) is 0 Å². The highest BCUT2D eigenvalue weighted by molar-refractivity contribution is 7.21. The molecule has 0 radical (unpaired) electrons. The highest BCUT2D eigenvalue weighted by Gasteiger charge is 2.20. The van der Waals surface area contributed by atoms with Crippen LogP contribution < -0.4 is 5.43 Å². The van der Waals surface area contributed by atoms with Crippen LogP contribution in [0.5, 0.6) is 0 Å². The SMILES string of the molecule is Cc1cc2c(nc1C)c(=O)c(-c1nc3c(C)nccc3s1)nn2-c1ccc(Cl)cc1F. The Kier molecular flexibility index (Phi) is 4.56. The number of hydrogen-bond donors (Lipinski definition) is 0. The molecule has 0 aliphatic rings. The van der Waals surface area contributed by atoms with Gasteiger partial charge in [-0.1, -0.05) is 11.6 Å². The smallest absolute Gasteiger partial charge is 0.236 e. The minimum Gasteiger partial charge on any atom is -0.285 e. The summed E-state index contributed by atoms with van der Waals surface area (Å²) in [5.74, 6) is -0.557. The van der Waals surface area contributed by atoms with Gasteiger partial charge >= 0.3 is 0 Å². The molecule has 4 aromatic heterocycles. The lowest BCUT2D eigenvalue weighted by Crippen LogP contribution is -2.18. The third-order valence-electron chi connectivity index (χ3n) is 5.14. The van der Waals surface area contributed by atoms with Crippen LogP contribution in [0.1, 0.15) is 17.0 Å². The maximum atomic E-state index is 14.8. The average Bonchev–Trinajstić information content (AvgIpc) is 3.16. The molecule has 0 amide bonds. The fourth-order valence-corrected chi connectivity index (χ4v) is 4.54. The van der Waals surface area contributed by atoms with Crippen molar-refractivity contribution in [2.24, 2.45) is 0 Å². The predicted octanol–water partition coefficient (Wildman–Crippen LogP) is 5.17. The van der Waals surface area contributed by atoms with Gasteiger partial charge in [-0.05, 0) is 56.7 Å². The number of benzene rings is 1. The number of halogens is 2. The topological polar surface area (TPSA) is 73.6 Å². The largest absolute Gasteiger partial charge is 0.285 e. The fourth-order valence-electron chi connectivity index (χ4n) is 3.39. The van der Waals surface area contributed by atoms with Crippen LogP contribution >= 0.6 is 22.9 Å². The predicted molar refractivity (Wildman–Crippen MR) is 121 cm³/mol. The van der Waals surface area contributed by atoms with E-state index in [1.54, 1.807) is 18.3 Å². The molecule has 0 bridgehead atoms. The van der Waals surface area contributed by atoms with E-state index in [0.29, 0.717) is 21.7 Å². The van der Waals surface area contributed by atoms with E-state index < -0.39 is 5.82 Å². The van der Waals surface area contributed by atoms with E-state index >= 15 is 0 Å². The van der Waals surface area contributed by atoms with E-state index in [-0.39, 0.29) is 27.3 Å². The van der Waals surface area contributed by atoms with Gasteiger partial charge in [0.2, 0.25) is 5.43 Å². The Morgan fingerprint density at radius 2 is 1.84 bits per heavy atom. The summed E-state index contributed by atoms with van der Waals surface area (Å²) in [5.41, 5.74) is 3.59. The molecular formula is C22H15ClFN5OS. The van der Waals surface area contributed by atoms with Crippen LogP contribution in [0.15, 0.2) is 41.3 Å². The van der Waals surface area contributed by atoms with Crippen molar-refractivity contribution in [2.45, 2.75) is 20.8 Å². The summed E-state index contributed by atoms with van der Waals surface area (Å²) in [6.45, 7) is 5.56. The molecule has 4 heterocycles. The molecule has 0 aliphatic heterocycles. The number of thiazole rings is 1. The standard InChI is InChI=1S/C22H15ClFN5OS/c1-10-8-16-19(26-11(10)2)21(30)20(22-27-18-12(3)25-7-6-17(18)31-22)28-29(16)15-5-4-13(23)9-14(15)24/h4-9H,1-3H3. The van der Waals surface area contributed by atoms with Crippen LogP contribution in [-0.4, -0.2) is 24.7 Å². The van der Waals surface area contributed by atoms with Gasteiger partial charge in [0.1, 0.15) is 27.5 Å². The van der Waals surface area contributed by atoms with Crippen molar-refractivity contribution >= 4 is 44.2 Å². The Morgan fingerprint density at radius 1 is 1.03 bits per heavy atom. The summed E-state index contributed by atoms with van der Waals surface area (Å²) in [4.78, 5) is 26.7. The maximum absolute atomic E-state index is 14.8. The first kappa shape index (κ1) is 19.7. The first-order chi connectivity index (χ1) is 14.8. The Bertz CT molecular complexity index is 1580. The van der Waals surface area contributed by atoms with E-state index in [2.05, 4.69) is 20.1 Å². The fraction of sp³-hybridized carbons (Fsp3) is 0.136. The maximum Gasteiger partial charge on any atom is 0.236 e. The number of nitrogens with zero attached hydrogens (tertiary/aromatic N) is 5. The minimum atomic E-state index is -0.557. The second-order valence-corrected chi connectivity index (χ2v) is 8.67. The van der Waals surface area contributed by atoms with Crippen molar-refractivity contribution in [3.63, 3.8) is 0 Å². The van der Waals surface area contributed by atoms with Gasteiger partial charge in [0.15, 0.2) is 5.69 Å². The van der Waals surface area contributed by atoms with E-state index in [9.17, 15) is 9.18 Å². The van der Waals surface area contributed by atoms with Crippen molar-refractivity contribution in [2.75, 3.05) is 0 Å². The molecule has 31 heavy (non-hydrogen) atoms.